The molecule has 0 aliphatic carbocycles. The molecular weight excluding hydrogens is 399 g/mol. The summed E-state index contributed by atoms with van der Waals surface area (Å²) in [5.74, 6) is -1.02. The zero-order valence-electron chi connectivity index (χ0n) is 16.1. The summed E-state index contributed by atoms with van der Waals surface area (Å²) in [5.41, 5.74) is 1.06. The van der Waals surface area contributed by atoms with Gasteiger partial charge >= 0.3 is 0 Å². The standard InChI is InChI=1S/C20H23FN2O5S/c1-27-12-13-29(25,26)17-5-2-15(3-6-17)20(24)22-16-4-7-19(18(21)14-16)23-8-10-28-11-9-23/h2-7,14H,8-13H2,1H3,(H,22,24). The van der Waals surface area contributed by atoms with Crippen LogP contribution < -0.4 is 10.2 Å². The Morgan fingerprint density at radius 3 is 2.48 bits per heavy atom. The Kier molecular flexibility index (Phi) is 6.83. The van der Waals surface area contributed by atoms with E-state index in [2.05, 4.69) is 5.32 Å². The number of carbonyl (C=O) groups excluding carboxylic acids is 1. The van der Waals surface area contributed by atoms with Crippen LogP contribution in [0, 0.1) is 5.82 Å². The number of nitrogens with one attached hydrogen (secondary N) is 1. The van der Waals surface area contributed by atoms with Gasteiger partial charge in [-0.3, -0.25) is 4.79 Å². The summed E-state index contributed by atoms with van der Waals surface area (Å²) in [6, 6.07) is 10.1. The van der Waals surface area contributed by atoms with Crippen molar-refractivity contribution in [2.24, 2.45) is 0 Å². The first-order valence-corrected chi connectivity index (χ1v) is 10.8. The fourth-order valence-corrected chi connectivity index (χ4v) is 4.15. The van der Waals surface area contributed by atoms with Crippen molar-refractivity contribution in [3.63, 3.8) is 0 Å². The molecule has 1 N–H and O–H groups in total. The summed E-state index contributed by atoms with van der Waals surface area (Å²) in [6.07, 6.45) is 0. The summed E-state index contributed by atoms with van der Waals surface area (Å²) in [4.78, 5) is 14.4. The van der Waals surface area contributed by atoms with Gasteiger partial charge in [-0.2, -0.15) is 0 Å². The number of rotatable bonds is 7. The number of morpholine rings is 1. The third kappa shape index (κ3) is 5.31. The lowest BCUT2D eigenvalue weighted by Gasteiger charge is -2.29. The molecular formula is C20H23FN2O5S. The van der Waals surface area contributed by atoms with Gasteiger partial charge in [0.15, 0.2) is 9.84 Å². The average Bonchev–Trinajstić information content (AvgIpc) is 2.73. The molecule has 1 aliphatic rings. The third-order valence-corrected chi connectivity index (χ3v) is 6.28. The monoisotopic (exact) mass is 422 g/mol. The number of halogens is 1. The van der Waals surface area contributed by atoms with Crippen molar-refractivity contribution in [2.45, 2.75) is 4.90 Å². The van der Waals surface area contributed by atoms with E-state index in [0.717, 1.165) is 0 Å². The summed E-state index contributed by atoms with van der Waals surface area (Å²) in [7, 11) is -2.03. The minimum absolute atomic E-state index is 0.0938. The Bertz CT molecular complexity index is 957. The maximum Gasteiger partial charge on any atom is 0.255 e. The summed E-state index contributed by atoms with van der Waals surface area (Å²) < 4.78 is 48.8. The lowest BCUT2D eigenvalue weighted by molar-refractivity contribution is 0.102. The maximum absolute atomic E-state index is 14.5. The summed E-state index contributed by atoms with van der Waals surface area (Å²) in [5, 5.41) is 2.63. The second-order valence-corrected chi connectivity index (χ2v) is 8.66. The molecule has 0 aromatic heterocycles. The average molecular weight is 422 g/mol. The Hall–Kier alpha value is -2.49. The topological polar surface area (TPSA) is 84.9 Å². The van der Waals surface area contributed by atoms with Gasteiger partial charge in [-0.15, -0.1) is 0 Å². The molecule has 2 aromatic carbocycles. The summed E-state index contributed by atoms with van der Waals surface area (Å²) in [6.45, 7) is 2.42. The normalized spacial score (nSPS) is 14.6. The molecule has 1 fully saturated rings. The molecule has 0 atom stereocenters. The lowest BCUT2D eigenvalue weighted by atomic mass is 10.2. The van der Waals surface area contributed by atoms with Crippen molar-refractivity contribution in [3.8, 4) is 0 Å². The maximum atomic E-state index is 14.5. The molecule has 1 heterocycles. The first-order valence-electron chi connectivity index (χ1n) is 9.16. The highest BCUT2D eigenvalue weighted by Crippen LogP contribution is 2.24. The molecule has 1 amide bonds. The van der Waals surface area contributed by atoms with Crippen molar-refractivity contribution >= 4 is 27.1 Å². The molecule has 0 radical (unpaired) electrons. The number of nitrogens with zero attached hydrogens (tertiary/aromatic N) is 1. The van der Waals surface area contributed by atoms with E-state index in [0.29, 0.717) is 37.7 Å². The van der Waals surface area contributed by atoms with Crippen LogP contribution in [0.15, 0.2) is 47.4 Å². The number of benzene rings is 2. The zero-order valence-corrected chi connectivity index (χ0v) is 16.9. The Balaban J connectivity index is 1.67. The smallest absolute Gasteiger partial charge is 0.255 e. The van der Waals surface area contributed by atoms with Gasteiger partial charge in [-0.25, -0.2) is 12.8 Å². The van der Waals surface area contributed by atoms with Gasteiger partial charge < -0.3 is 19.7 Å². The molecule has 9 heteroatoms. The molecule has 3 rings (SSSR count). The highest BCUT2D eigenvalue weighted by atomic mass is 32.2. The van der Waals surface area contributed by atoms with Gasteiger partial charge in [0.05, 0.1) is 36.2 Å². The van der Waals surface area contributed by atoms with E-state index in [1.165, 1.54) is 37.4 Å². The van der Waals surface area contributed by atoms with E-state index < -0.39 is 21.6 Å². The molecule has 1 saturated heterocycles. The van der Waals surface area contributed by atoms with Crippen molar-refractivity contribution in [2.75, 3.05) is 56.0 Å². The van der Waals surface area contributed by atoms with E-state index in [9.17, 15) is 17.6 Å². The van der Waals surface area contributed by atoms with Gasteiger partial charge in [-0.05, 0) is 42.5 Å². The van der Waals surface area contributed by atoms with Crippen LogP contribution in [-0.4, -0.2) is 60.1 Å². The fourth-order valence-electron chi connectivity index (χ4n) is 2.97. The third-order valence-electron chi connectivity index (χ3n) is 4.59. The number of sulfone groups is 1. The van der Waals surface area contributed by atoms with Crippen LogP contribution in [0.3, 0.4) is 0 Å². The minimum atomic E-state index is -3.46. The second-order valence-electron chi connectivity index (χ2n) is 6.56. The Labute approximate surface area is 169 Å². The number of hydrogen-bond acceptors (Lipinski definition) is 6. The Morgan fingerprint density at radius 2 is 1.86 bits per heavy atom. The van der Waals surface area contributed by atoms with Gasteiger partial charge in [0.1, 0.15) is 5.82 Å². The molecule has 0 unspecified atom stereocenters. The van der Waals surface area contributed by atoms with Crippen LogP contribution in [0.4, 0.5) is 15.8 Å². The van der Waals surface area contributed by atoms with E-state index in [4.69, 9.17) is 9.47 Å². The van der Waals surface area contributed by atoms with E-state index in [1.807, 2.05) is 4.90 Å². The molecule has 0 saturated carbocycles. The number of amides is 1. The second kappa shape index (κ2) is 9.34. The van der Waals surface area contributed by atoms with E-state index >= 15 is 0 Å². The fraction of sp³-hybridized carbons (Fsp3) is 0.350. The van der Waals surface area contributed by atoms with Crippen LogP contribution in [0.25, 0.3) is 0 Å². The quantitative estimate of drug-likeness (QED) is 0.737. The number of ether oxygens (including phenoxy) is 2. The van der Waals surface area contributed by atoms with Gasteiger partial charge in [0, 0.05) is 31.5 Å². The first kappa shape index (κ1) is 21.2. The zero-order chi connectivity index (χ0) is 20.9. The predicted octanol–water partition coefficient (Wildman–Crippen LogP) is 2.33. The molecule has 156 valence electrons. The highest BCUT2D eigenvalue weighted by Gasteiger charge is 2.17. The van der Waals surface area contributed by atoms with Crippen molar-refractivity contribution in [1.82, 2.24) is 0 Å². The van der Waals surface area contributed by atoms with Crippen LogP contribution in [0.1, 0.15) is 10.4 Å². The van der Waals surface area contributed by atoms with E-state index in [1.54, 1.807) is 12.1 Å². The van der Waals surface area contributed by atoms with E-state index in [-0.39, 0.29) is 22.8 Å². The number of carbonyl (C=O) groups is 1. The molecule has 29 heavy (non-hydrogen) atoms. The number of anilines is 2. The minimum Gasteiger partial charge on any atom is -0.384 e. The number of methoxy groups -OCH3 is 1. The molecule has 7 nitrogen and oxygen atoms in total. The van der Waals surface area contributed by atoms with Crippen LogP contribution in [-0.2, 0) is 19.3 Å². The van der Waals surface area contributed by atoms with Crippen molar-refractivity contribution in [1.29, 1.82) is 0 Å². The van der Waals surface area contributed by atoms with Gasteiger partial charge in [-0.1, -0.05) is 0 Å². The lowest BCUT2D eigenvalue weighted by Crippen LogP contribution is -2.36. The van der Waals surface area contributed by atoms with Crippen LogP contribution >= 0.6 is 0 Å². The van der Waals surface area contributed by atoms with Crippen LogP contribution in [0.5, 0.6) is 0 Å². The predicted molar refractivity (Wildman–Crippen MR) is 108 cm³/mol. The van der Waals surface area contributed by atoms with Crippen molar-refractivity contribution < 1.29 is 27.1 Å². The molecule has 2 aromatic rings. The number of hydrogen-bond donors (Lipinski definition) is 1. The molecule has 0 spiro atoms. The van der Waals surface area contributed by atoms with Crippen LogP contribution in [0.2, 0.25) is 0 Å². The largest absolute Gasteiger partial charge is 0.384 e. The first-order chi connectivity index (χ1) is 13.9. The van der Waals surface area contributed by atoms with Crippen molar-refractivity contribution in [3.05, 3.63) is 53.8 Å². The van der Waals surface area contributed by atoms with Gasteiger partial charge in [0.2, 0.25) is 0 Å². The SMILES string of the molecule is COCCS(=O)(=O)c1ccc(C(=O)Nc2ccc(N3CCOCC3)c(F)c2)cc1. The summed E-state index contributed by atoms with van der Waals surface area (Å²) >= 11 is 0. The Morgan fingerprint density at radius 1 is 1.17 bits per heavy atom. The van der Waals surface area contributed by atoms with Gasteiger partial charge in [0.25, 0.3) is 5.91 Å². The molecule has 0 bridgehead atoms. The molecule has 1 aliphatic heterocycles. The highest BCUT2D eigenvalue weighted by molar-refractivity contribution is 7.91.